The molecular formula is C13H21ClFN3. The maximum Gasteiger partial charge on any atom is 0.143 e. The Kier molecular flexibility index (Phi) is 5.23. The van der Waals surface area contributed by atoms with Crippen LogP contribution in [0.2, 0.25) is 5.02 Å². The molecule has 1 aromatic carbocycles. The van der Waals surface area contributed by atoms with Gasteiger partial charge in [0.25, 0.3) is 0 Å². The summed E-state index contributed by atoms with van der Waals surface area (Å²) in [6.45, 7) is 5.84. The summed E-state index contributed by atoms with van der Waals surface area (Å²) in [4.78, 5) is 4.23. The topological polar surface area (TPSA) is 32.5 Å². The summed E-state index contributed by atoms with van der Waals surface area (Å²) in [6, 6.07) is 3.15. The van der Waals surface area contributed by atoms with E-state index in [4.69, 9.17) is 17.3 Å². The zero-order valence-corrected chi connectivity index (χ0v) is 12.1. The minimum absolute atomic E-state index is 0.106. The largest absolute Gasteiger partial charge is 0.397 e. The quantitative estimate of drug-likeness (QED) is 0.838. The molecular weight excluding hydrogens is 253 g/mol. The van der Waals surface area contributed by atoms with E-state index in [1.807, 2.05) is 21.0 Å². The van der Waals surface area contributed by atoms with Crippen LogP contribution in [-0.4, -0.2) is 38.1 Å². The van der Waals surface area contributed by atoms with E-state index in [0.29, 0.717) is 5.69 Å². The molecule has 1 rings (SSSR count). The van der Waals surface area contributed by atoms with Crippen LogP contribution in [0.25, 0.3) is 0 Å². The lowest BCUT2D eigenvalue weighted by Crippen LogP contribution is -2.40. The van der Waals surface area contributed by atoms with Crippen molar-refractivity contribution in [3.05, 3.63) is 23.0 Å². The molecule has 5 heteroatoms. The maximum absolute atomic E-state index is 13.3. The third-order valence-corrected chi connectivity index (χ3v) is 3.17. The van der Waals surface area contributed by atoms with Gasteiger partial charge < -0.3 is 15.5 Å². The van der Waals surface area contributed by atoms with Gasteiger partial charge in [0.1, 0.15) is 5.82 Å². The summed E-state index contributed by atoms with van der Waals surface area (Å²) in [5.74, 6) is -0.478. The van der Waals surface area contributed by atoms with E-state index in [2.05, 4.69) is 16.7 Å². The molecule has 0 saturated heterocycles. The maximum atomic E-state index is 13.3. The number of halogens is 2. The number of rotatable bonds is 5. The molecule has 0 radical (unpaired) electrons. The van der Waals surface area contributed by atoms with Gasteiger partial charge in [-0.15, -0.1) is 0 Å². The van der Waals surface area contributed by atoms with E-state index in [-0.39, 0.29) is 11.1 Å². The highest BCUT2D eigenvalue weighted by Crippen LogP contribution is 2.30. The molecule has 2 N–H and O–H groups in total. The molecule has 1 atom stereocenters. The lowest BCUT2D eigenvalue weighted by Gasteiger charge is -2.33. The fraction of sp³-hybridized carbons (Fsp3) is 0.538. The van der Waals surface area contributed by atoms with Gasteiger partial charge in [-0.25, -0.2) is 4.39 Å². The highest BCUT2D eigenvalue weighted by atomic mass is 35.5. The van der Waals surface area contributed by atoms with Crippen LogP contribution in [0.15, 0.2) is 12.1 Å². The van der Waals surface area contributed by atoms with Gasteiger partial charge in [0, 0.05) is 25.2 Å². The van der Waals surface area contributed by atoms with Crippen molar-refractivity contribution in [1.82, 2.24) is 4.90 Å². The van der Waals surface area contributed by atoms with E-state index >= 15 is 0 Å². The fourth-order valence-corrected chi connectivity index (χ4v) is 2.30. The first-order chi connectivity index (χ1) is 8.36. The molecule has 0 spiro atoms. The molecule has 0 amide bonds. The number of nitrogen functional groups attached to an aromatic ring is 1. The predicted molar refractivity (Wildman–Crippen MR) is 76.9 cm³/mol. The van der Waals surface area contributed by atoms with E-state index in [1.54, 1.807) is 6.07 Å². The van der Waals surface area contributed by atoms with Crippen molar-refractivity contribution in [1.29, 1.82) is 0 Å². The summed E-state index contributed by atoms with van der Waals surface area (Å²) >= 11 is 5.83. The highest BCUT2D eigenvalue weighted by molar-refractivity contribution is 6.31. The first-order valence-corrected chi connectivity index (χ1v) is 6.40. The van der Waals surface area contributed by atoms with Crippen molar-refractivity contribution in [3.8, 4) is 0 Å². The first-order valence-electron chi connectivity index (χ1n) is 6.02. The smallest absolute Gasteiger partial charge is 0.143 e. The van der Waals surface area contributed by atoms with Crippen LogP contribution in [0.4, 0.5) is 15.8 Å². The third kappa shape index (κ3) is 3.50. The average Bonchev–Trinajstić information content (AvgIpc) is 2.25. The van der Waals surface area contributed by atoms with Crippen molar-refractivity contribution in [3.63, 3.8) is 0 Å². The molecule has 0 aromatic heterocycles. The lowest BCUT2D eigenvalue weighted by molar-refractivity contribution is 0.373. The fourth-order valence-electron chi connectivity index (χ4n) is 2.15. The standard InChI is InChI=1S/C13H21ClFN3/c1-5-18(9(2)8-17(3)4)13-6-10(14)11(15)7-12(13)16/h6-7,9H,5,8,16H2,1-4H3. The molecule has 3 nitrogen and oxygen atoms in total. The van der Waals surface area contributed by atoms with Gasteiger partial charge in [-0.3, -0.25) is 0 Å². The number of anilines is 2. The SMILES string of the molecule is CCN(c1cc(Cl)c(F)cc1N)C(C)CN(C)C. The Morgan fingerprint density at radius 1 is 1.39 bits per heavy atom. The van der Waals surface area contributed by atoms with E-state index in [9.17, 15) is 4.39 Å². The Hall–Kier alpha value is -1.00. The number of likely N-dealkylation sites (N-methyl/N-ethyl adjacent to an activating group) is 2. The Morgan fingerprint density at radius 3 is 2.50 bits per heavy atom. The number of hydrogen-bond donors (Lipinski definition) is 1. The molecule has 0 fully saturated rings. The van der Waals surface area contributed by atoms with Gasteiger partial charge in [-0.05, 0) is 34.0 Å². The Balaban J connectivity index is 3.05. The van der Waals surface area contributed by atoms with Crippen molar-refractivity contribution in [2.24, 2.45) is 0 Å². The van der Waals surface area contributed by atoms with Crippen molar-refractivity contribution in [2.75, 3.05) is 37.8 Å². The molecule has 1 aromatic rings. The number of nitrogens with zero attached hydrogens (tertiary/aromatic N) is 2. The normalized spacial score (nSPS) is 12.8. The van der Waals surface area contributed by atoms with Crippen LogP contribution in [0, 0.1) is 5.82 Å². The third-order valence-electron chi connectivity index (χ3n) is 2.88. The summed E-state index contributed by atoms with van der Waals surface area (Å²) in [5.41, 5.74) is 7.09. The van der Waals surface area contributed by atoms with Gasteiger partial charge in [0.2, 0.25) is 0 Å². The Labute approximate surface area is 113 Å². The Morgan fingerprint density at radius 2 is 2.00 bits per heavy atom. The van der Waals surface area contributed by atoms with Gasteiger partial charge in [0.15, 0.2) is 0 Å². The van der Waals surface area contributed by atoms with Gasteiger partial charge in [-0.2, -0.15) is 0 Å². The summed E-state index contributed by atoms with van der Waals surface area (Å²) in [7, 11) is 4.04. The molecule has 0 aliphatic rings. The minimum atomic E-state index is -0.478. The average molecular weight is 274 g/mol. The van der Waals surface area contributed by atoms with E-state index < -0.39 is 5.82 Å². The molecule has 0 aliphatic carbocycles. The van der Waals surface area contributed by atoms with Crippen LogP contribution >= 0.6 is 11.6 Å². The molecule has 1 unspecified atom stereocenters. The van der Waals surface area contributed by atoms with Gasteiger partial charge in [0.05, 0.1) is 16.4 Å². The zero-order valence-electron chi connectivity index (χ0n) is 11.4. The van der Waals surface area contributed by atoms with Crippen LogP contribution < -0.4 is 10.6 Å². The van der Waals surface area contributed by atoms with Crippen LogP contribution in [-0.2, 0) is 0 Å². The minimum Gasteiger partial charge on any atom is -0.397 e. The lowest BCUT2D eigenvalue weighted by atomic mass is 10.2. The second-order valence-corrected chi connectivity index (χ2v) is 5.13. The number of benzene rings is 1. The molecule has 0 saturated carbocycles. The molecule has 102 valence electrons. The molecule has 0 bridgehead atoms. The van der Waals surface area contributed by atoms with Crippen LogP contribution in [0.3, 0.4) is 0 Å². The zero-order chi connectivity index (χ0) is 13.9. The van der Waals surface area contributed by atoms with Crippen molar-refractivity contribution >= 4 is 23.0 Å². The summed E-state index contributed by atoms with van der Waals surface area (Å²) in [5, 5.41) is 0.106. The van der Waals surface area contributed by atoms with Crippen LogP contribution in [0.5, 0.6) is 0 Å². The Bertz CT molecular complexity index is 409. The second-order valence-electron chi connectivity index (χ2n) is 4.72. The van der Waals surface area contributed by atoms with Crippen molar-refractivity contribution < 1.29 is 4.39 Å². The van der Waals surface area contributed by atoms with Gasteiger partial charge in [-0.1, -0.05) is 11.6 Å². The second kappa shape index (κ2) is 6.25. The van der Waals surface area contributed by atoms with Gasteiger partial charge >= 0.3 is 0 Å². The van der Waals surface area contributed by atoms with Crippen LogP contribution in [0.1, 0.15) is 13.8 Å². The summed E-state index contributed by atoms with van der Waals surface area (Å²) < 4.78 is 13.3. The number of hydrogen-bond acceptors (Lipinski definition) is 3. The molecule has 0 heterocycles. The monoisotopic (exact) mass is 273 g/mol. The molecule has 18 heavy (non-hydrogen) atoms. The molecule has 0 aliphatic heterocycles. The number of nitrogens with two attached hydrogens (primary N) is 1. The van der Waals surface area contributed by atoms with E-state index in [1.165, 1.54) is 6.07 Å². The highest BCUT2D eigenvalue weighted by Gasteiger charge is 2.17. The van der Waals surface area contributed by atoms with E-state index in [0.717, 1.165) is 18.8 Å². The summed E-state index contributed by atoms with van der Waals surface area (Å²) in [6.07, 6.45) is 0. The van der Waals surface area contributed by atoms with Crippen molar-refractivity contribution in [2.45, 2.75) is 19.9 Å². The first kappa shape index (κ1) is 15.1. The predicted octanol–water partition coefficient (Wildman–Crippen LogP) is 2.84.